The van der Waals surface area contributed by atoms with E-state index in [2.05, 4.69) is 15.9 Å². The van der Waals surface area contributed by atoms with Crippen LogP contribution in [0, 0.1) is 0 Å². The van der Waals surface area contributed by atoms with Crippen LogP contribution in [0.5, 0.6) is 0 Å². The van der Waals surface area contributed by atoms with Crippen molar-refractivity contribution in [1.82, 2.24) is 0 Å². The first-order valence-electron chi connectivity index (χ1n) is 5.10. The number of hydrogen-bond acceptors (Lipinski definition) is 3. The van der Waals surface area contributed by atoms with Crippen LogP contribution in [-0.2, 0) is 9.47 Å². The number of hydrogen-bond donors (Lipinski definition) is 1. The molecule has 3 nitrogen and oxygen atoms in total. The maximum atomic E-state index is 8.72. The van der Waals surface area contributed by atoms with E-state index in [9.17, 15) is 0 Å². The van der Waals surface area contributed by atoms with Crippen molar-refractivity contribution >= 4 is 15.9 Å². The summed E-state index contributed by atoms with van der Waals surface area (Å²) >= 11 is 3.37. The van der Waals surface area contributed by atoms with Crippen molar-refractivity contribution in [1.29, 1.82) is 0 Å². The van der Waals surface area contributed by atoms with Crippen LogP contribution in [0.15, 0.2) is 0 Å². The highest BCUT2D eigenvalue weighted by Gasteiger charge is 2.05. The van der Waals surface area contributed by atoms with Gasteiger partial charge in [-0.3, -0.25) is 0 Å². The van der Waals surface area contributed by atoms with Gasteiger partial charge in [-0.15, -0.1) is 0 Å². The number of ether oxygens (including phenoxy) is 2. The van der Waals surface area contributed by atoms with E-state index in [0.29, 0.717) is 6.61 Å². The van der Waals surface area contributed by atoms with Gasteiger partial charge >= 0.3 is 0 Å². The third-order valence-corrected chi connectivity index (χ3v) is 2.36. The van der Waals surface area contributed by atoms with E-state index in [-0.39, 0.29) is 18.8 Å². The molecule has 0 radical (unpaired) electrons. The van der Waals surface area contributed by atoms with Crippen LogP contribution in [0.3, 0.4) is 0 Å². The van der Waals surface area contributed by atoms with E-state index < -0.39 is 0 Å². The molecule has 0 bridgehead atoms. The van der Waals surface area contributed by atoms with E-state index in [1.807, 2.05) is 13.8 Å². The summed E-state index contributed by atoms with van der Waals surface area (Å²) in [4.78, 5) is 0. The molecule has 0 rings (SSSR count). The molecule has 0 aliphatic heterocycles. The zero-order valence-electron chi connectivity index (χ0n) is 9.04. The molecule has 86 valence electrons. The van der Waals surface area contributed by atoms with Gasteiger partial charge in [-0.2, -0.15) is 0 Å². The first-order valence-corrected chi connectivity index (χ1v) is 6.22. The summed E-state index contributed by atoms with van der Waals surface area (Å²) in [6.07, 6.45) is 2.23. The highest BCUT2D eigenvalue weighted by Crippen LogP contribution is 1.99. The van der Waals surface area contributed by atoms with Gasteiger partial charge in [0, 0.05) is 11.9 Å². The molecule has 0 aromatic rings. The molecular formula is C10H21BrO3. The average molecular weight is 269 g/mol. The Bertz CT molecular complexity index is 122. The van der Waals surface area contributed by atoms with Crippen LogP contribution >= 0.6 is 15.9 Å². The normalized spacial score (nSPS) is 15.4. The lowest BCUT2D eigenvalue weighted by Crippen LogP contribution is -2.22. The molecule has 1 N–H and O–H groups in total. The molecule has 0 saturated heterocycles. The lowest BCUT2D eigenvalue weighted by atomic mass is 10.3. The molecule has 4 heteroatoms. The molecule has 0 fully saturated rings. The van der Waals surface area contributed by atoms with Crippen molar-refractivity contribution in [3.05, 3.63) is 0 Å². The molecule has 0 saturated carbocycles. The van der Waals surface area contributed by atoms with E-state index in [0.717, 1.165) is 24.8 Å². The highest BCUT2D eigenvalue weighted by molar-refractivity contribution is 9.09. The minimum Gasteiger partial charge on any atom is -0.394 e. The van der Waals surface area contributed by atoms with Gasteiger partial charge < -0.3 is 14.6 Å². The highest BCUT2D eigenvalue weighted by atomic mass is 79.9. The van der Waals surface area contributed by atoms with E-state index in [1.54, 1.807) is 0 Å². The second kappa shape index (κ2) is 9.90. The Kier molecular flexibility index (Phi) is 10.2. The minimum atomic E-state index is -0.0939. The molecule has 0 aliphatic rings. The van der Waals surface area contributed by atoms with Gasteiger partial charge in [-0.1, -0.05) is 15.9 Å². The van der Waals surface area contributed by atoms with Crippen LogP contribution in [0.2, 0.25) is 0 Å². The number of alkyl halides is 1. The van der Waals surface area contributed by atoms with Crippen molar-refractivity contribution in [3.63, 3.8) is 0 Å². The number of aliphatic hydroxyl groups is 1. The number of unbranched alkanes of at least 4 members (excludes halogenated alkanes) is 1. The summed E-state index contributed by atoms with van der Waals surface area (Å²) in [5, 5.41) is 9.75. The minimum absolute atomic E-state index is 0.0658. The van der Waals surface area contributed by atoms with E-state index >= 15 is 0 Å². The molecule has 0 aliphatic carbocycles. The first-order chi connectivity index (χ1) is 6.70. The Morgan fingerprint density at radius 1 is 1.14 bits per heavy atom. The quantitative estimate of drug-likeness (QED) is 0.513. The fourth-order valence-electron chi connectivity index (χ4n) is 0.882. The summed E-state index contributed by atoms with van der Waals surface area (Å²) in [6.45, 7) is 5.23. The lowest BCUT2D eigenvalue weighted by molar-refractivity contribution is -0.0457. The lowest BCUT2D eigenvalue weighted by Gasteiger charge is -2.16. The molecule has 0 spiro atoms. The van der Waals surface area contributed by atoms with Crippen molar-refractivity contribution in [2.75, 3.05) is 25.2 Å². The number of aliphatic hydroxyl groups excluding tert-OH is 1. The molecule has 14 heavy (non-hydrogen) atoms. The molecule has 2 unspecified atom stereocenters. The smallest absolute Gasteiger partial charge is 0.0780 e. The van der Waals surface area contributed by atoms with Crippen LogP contribution in [0.1, 0.15) is 26.7 Å². The van der Waals surface area contributed by atoms with Crippen LogP contribution < -0.4 is 0 Å². The molecule has 0 aromatic heterocycles. The van der Waals surface area contributed by atoms with Crippen LogP contribution in [0.4, 0.5) is 0 Å². The van der Waals surface area contributed by atoms with Crippen molar-refractivity contribution < 1.29 is 14.6 Å². The Hall–Kier alpha value is 0.360. The van der Waals surface area contributed by atoms with Crippen LogP contribution in [0.25, 0.3) is 0 Å². The molecular weight excluding hydrogens is 248 g/mol. The number of halogens is 1. The topological polar surface area (TPSA) is 38.7 Å². The fourth-order valence-corrected chi connectivity index (χ4v) is 1.28. The van der Waals surface area contributed by atoms with Crippen molar-refractivity contribution in [2.24, 2.45) is 0 Å². The number of rotatable bonds is 9. The predicted octanol–water partition coefficient (Wildman–Crippen LogP) is 1.96. The van der Waals surface area contributed by atoms with Gasteiger partial charge in [0.2, 0.25) is 0 Å². The summed E-state index contributed by atoms with van der Waals surface area (Å²) in [5.74, 6) is 0. The Balaban J connectivity index is 3.23. The second-order valence-corrected chi connectivity index (χ2v) is 4.20. The Morgan fingerprint density at radius 2 is 1.86 bits per heavy atom. The predicted molar refractivity (Wildman–Crippen MR) is 60.9 cm³/mol. The average Bonchev–Trinajstić information content (AvgIpc) is 2.21. The molecule has 0 aromatic carbocycles. The molecule has 0 heterocycles. The van der Waals surface area contributed by atoms with Gasteiger partial charge in [0.25, 0.3) is 0 Å². The SMILES string of the molecule is CC(CO)OCC(C)OCCCCBr. The fraction of sp³-hybridized carbons (Fsp3) is 1.00. The van der Waals surface area contributed by atoms with Gasteiger partial charge in [-0.25, -0.2) is 0 Å². The maximum Gasteiger partial charge on any atom is 0.0780 e. The summed E-state index contributed by atoms with van der Waals surface area (Å²) in [7, 11) is 0. The largest absolute Gasteiger partial charge is 0.394 e. The van der Waals surface area contributed by atoms with Crippen LogP contribution in [-0.4, -0.2) is 42.5 Å². The standard InChI is InChI=1S/C10H21BrO3/c1-9(7-12)14-8-10(2)13-6-4-3-5-11/h9-10,12H,3-8H2,1-2H3. The Morgan fingerprint density at radius 3 is 2.43 bits per heavy atom. The first kappa shape index (κ1) is 14.4. The van der Waals surface area contributed by atoms with Crippen molar-refractivity contribution in [2.45, 2.75) is 38.9 Å². The van der Waals surface area contributed by atoms with Gasteiger partial charge in [0.05, 0.1) is 25.4 Å². The zero-order chi connectivity index (χ0) is 10.8. The third kappa shape index (κ3) is 8.94. The Labute approximate surface area is 94.9 Å². The third-order valence-electron chi connectivity index (χ3n) is 1.80. The van der Waals surface area contributed by atoms with Gasteiger partial charge in [-0.05, 0) is 26.7 Å². The molecule has 0 amide bonds. The maximum absolute atomic E-state index is 8.72. The van der Waals surface area contributed by atoms with Crippen molar-refractivity contribution in [3.8, 4) is 0 Å². The van der Waals surface area contributed by atoms with Gasteiger partial charge in [0.1, 0.15) is 0 Å². The monoisotopic (exact) mass is 268 g/mol. The second-order valence-electron chi connectivity index (χ2n) is 3.40. The summed E-state index contributed by atoms with van der Waals surface area (Å²) < 4.78 is 10.8. The summed E-state index contributed by atoms with van der Waals surface area (Å²) in [5.41, 5.74) is 0. The molecule has 2 atom stereocenters. The zero-order valence-corrected chi connectivity index (χ0v) is 10.6. The van der Waals surface area contributed by atoms with E-state index in [4.69, 9.17) is 14.6 Å². The summed E-state index contributed by atoms with van der Waals surface area (Å²) in [6, 6.07) is 0. The van der Waals surface area contributed by atoms with Gasteiger partial charge in [0.15, 0.2) is 0 Å². The van der Waals surface area contributed by atoms with E-state index in [1.165, 1.54) is 0 Å².